The summed E-state index contributed by atoms with van der Waals surface area (Å²) in [5, 5.41) is 11.1. The van der Waals surface area contributed by atoms with Gasteiger partial charge in [0.1, 0.15) is 0 Å². The molecule has 1 unspecified atom stereocenters. The summed E-state index contributed by atoms with van der Waals surface area (Å²) in [7, 11) is 0. The van der Waals surface area contributed by atoms with Crippen molar-refractivity contribution in [3.8, 4) is 0 Å². The molecule has 1 aliphatic rings. The maximum absolute atomic E-state index is 10.8. The highest BCUT2D eigenvalue weighted by Crippen LogP contribution is 2.15. The molecule has 0 aromatic heterocycles. The van der Waals surface area contributed by atoms with E-state index in [2.05, 4.69) is 5.32 Å². The van der Waals surface area contributed by atoms with Crippen LogP contribution >= 0.6 is 12.4 Å². The topological polar surface area (TPSA) is 66.4 Å². The molecular weight excluding hydrogens is 182 g/mol. The van der Waals surface area contributed by atoms with Gasteiger partial charge >= 0.3 is 5.97 Å². The second-order valence-corrected chi connectivity index (χ2v) is 2.81. The summed E-state index contributed by atoms with van der Waals surface area (Å²) in [5.41, 5.74) is 0. The lowest BCUT2D eigenvalue weighted by Gasteiger charge is -2.19. The number of aliphatic carboxylic acids is 1. The van der Waals surface area contributed by atoms with Crippen LogP contribution in [0.1, 0.15) is 19.3 Å². The second-order valence-electron chi connectivity index (χ2n) is 2.81. The van der Waals surface area contributed by atoms with Gasteiger partial charge in [-0.15, -0.1) is 12.4 Å². The van der Waals surface area contributed by atoms with Gasteiger partial charge in [-0.3, -0.25) is 9.59 Å². The molecule has 2 N–H and O–H groups in total. The van der Waals surface area contributed by atoms with Gasteiger partial charge in [-0.05, 0) is 12.3 Å². The van der Waals surface area contributed by atoms with Crippen LogP contribution in [0.25, 0.3) is 0 Å². The lowest BCUT2D eigenvalue weighted by Crippen LogP contribution is -2.34. The number of nitrogens with one attached hydrogen (secondary N) is 1. The van der Waals surface area contributed by atoms with E-state index in [0.29, 0.717) is 13.0 Å². The molecule has 12 heavy (non-hydrogen) atoms. The minimum Gasteiger partial charge on any atom is -0.481 e. The van der Waals surface area contributed by atoms with Crippen molar-refractivity contribution in [2.24, 2.45) is 5.92 Å². The van der Waals surface area contributed by atoms with Gasteiger partial charge in [0.2, 0.25) is 5.91 Å². The van der Waals surface area contributed by atoms with E-state index in [-0.39, 0.29) is 30.7 Å². The largest absolute Gasteiger partial charge is 0.481 e. The van der Waals surface area contributed by atoms with Gasteiger partial charge in [0, 0.05) is 19.4 Å². The van der Waals surface area contributed by atoms with Crippen molar-refractivity contribution in [1.82, 2.24) is 5.32 Å². The fourth-order valence-corrected chi connectivity index (χ4v) is 1.27. The molecule has 70 valence electrons. The average molecular weight is 194 g/mol. The predicted octanol–water partition coefficient (Wildman–Crippen LogP) is 0.409. The Morgan fingerprint density at radius 1 is 1.67 bits per heavy atom. The number of hydrogen-bond donors (Lipinski definition) is 2. The number of rotatable bonds is 2. The zero-order chi connectivity index (χ0) is 8.27. The third-order valence-electron chi connectivity index (χ3n) is 1.81. The Morgan fingerprint density at radius 2 is 2.33 bits per heavy atom. The fraction of sp³-hybridized carbons (Fsp3) is 0.714. The fourth-order valence-electron chi connectivity index (χ4n) is 1.27. The van der Waals surface area contributed by atoms with Gasteiger partial charge in [0.05, 0.1) is 0 Å². The Morgan fingerprint density at radius 3 is 2.83 bits per heavy atom. The molecule has 1 heterocycles. The van der Waals surface area contributed by atoms with Crippen molar-refractivity contribution in [2.75, 3.05) is 6.54 Å². The zero-order valence-electron chi connectivity index (χ0n) is 6.58. The van der Waals surface area contributed by atoms with Gasteiger partial charge in [0.15, 0.2) is 0 Å². The van der Waals surface area contributed by atoms with Crippen LogP contribution in [0.3, 0.4) is 0 Å². The van der Waals surface area contributed by atoms with Crippen molar-refractivity contribution >= 4 is 24.3 Å². The summed E-state index contributed by atoms with van der Waals surface area (Å²) in [6.45, 7) is 0.622. The van der Waals surface area contributed by atoms with E-state index >= 15 is 0 Å². The number of carbonyl (C=O) groups is 2. The van der Waals surface area contributed by atoms with Crippen molar-refractivity contribution in [3.05, 3.63) is 0 Å². The highest BCUT2D eigenvalue weighted by Gasteiger charge is 2.20. The van der Waals surface area contributed by atoms with E-state index in [1.807, 2.05) is 0 Å². The molecule has 1 amide bonds. The third-order valence-corrected chi connectivity index (χ3v) is 1.81. The van der Waals surface area contributed by atoms with Gasteiger partial charge in [-0.2, -0.15) is 0 Å². The van der Waals surface area contributed by atoms with E-state index in [9.17, 15) is 9.59 Å². The Labute approximate surface area is 76.7 Å². The summed E-state index contributed by atoms with van der Waals surface area (Å²) in [6.07, 6.45) is 1.28. The van der Waals surface area contributed by atoms with Crippen molar-refractivity contribution in [1.29, 1.82) is 0 Å². The third kappa shape index (κ3) is 3.57. The second kappa shape index (κ2) is 4.98. The standard InChI is InChI=1S/C7H11NO3.ClH/c9-6-3-5(1-2-8-6)4-7(10)11;/h5H,1-4H2,(H,8,9)(H,10,11);1H. The van der Waals surface area contributed by atoms with Crippen LogP contribution in [-0.2, 0) is 9.59 Å². The molecule has 4 nitrogen and oxygen atoms in total. The monoisotopic (exact) mass is 193 g/mol. The molecule has 0 aromatic carbocycles. The minimum absolute atomic E-state index is 0. The lowest BCUT2D eigenvalue weighted by atomic mass is 9.94. The van der Waals surface area contributed by atoms with Crippen molar-refractivity contribution in [2.45, 2.75) is 19.3 Å². The van der Waals surface area contributed by atoms with Crippen LogP contribution in [0.2, 0.25) is 0 Å². The molecule has 1 atom stereocenters. The van der Waals surface area contributed by atoms with Crippen LogP contribution in [0, 0.1) is 5.92 Å². The molecule has 1 saturated heterocycles. The van der Waals surface area contributed by atoms with E-state index in [0.717, 1.165) is 6.42 Å². The molecule has 5 heteroatoms. The van der Waals surface area contributed by atoms with Gasteiger partial charge in [-0.1, -0.05) is 0 Å². The first kappa shape index (κ1) is 11.2. The Hall–Kier alpha value is -0.770. The highest BCUT2D eigenvalue weighted by molar-refractivity contribution is 5.85. The maximum Gasteiger partial charge on any atom is 0.303 e. The average Bonchev–Trinajstić information content (AvgIpc) is 1.85. The van der Waals surface area contributed by atoms with Crippen LogP contribution in [0.4, 0.5) is 0 Å². The van der Waals surface area contributed by atoms with Crippen molar-refractivity contribution < 1.29 is 14.7 Å². The molecule has 0 spiro atoms. The first-order chi connectivity index (χ1) is 5.18. The number of hydrogen-bond acceptors (Lipinski definition) is 2. The SMILES string of the molecule is Cl.O=C(O)CC1CCNC(=O)C1. The van der Waals surface area contributed by atoms with Gasteiger partial charge in [-0.25, -0.2) is 0 Å². The summed E-state index contributed by atoms with van der Waals surface area (Å²) in [4.78, 5) is 21.0. The van der Waals surface area contributed by atoms with E-state index in [1.54, 1.807) is 0 Å². The van der Waals surface area contributed by atoms with E-state index < -0.39 is 5.97 Å². The Bertz CT molecular complexity index is 181. The number of carboxylic acids is 1. The van der Waals surface area contributed by atoms with Crippen molar-refractivity contribution in [3.63, 3.8) is 0 Å². The minimum atomic E-state index is -0.815. The highest BCUT2D eigenvalue weighted by atomic mass is 35.5. The number of amides is 1. The smallest absolute Gasteiger partial charge is 0.303 e. The summed E-state index contributed by atoms with van der Waals surface area (Å²) >= 11 is 0. The number of carbonyl (C=O) groups excluding carboxylic acids is 1. The lowest BCUT2D eigenvalue weighted by molar-refractivity contribution is -0.138. The predicted molar refractivity (Wildman–Crippen MR) is 45.2 cm³/mol. The molecule has 0 bridgehead atoms. The summed E-state index contributed by atoms with van der Waals surface area (Å²) in [6, 6.07) is 0. The number of piperidine rings is 1. The molecular formula is C7H12ClNO3. The summed E-state index contributed by atoms with van der Waals surface area (Å²) in [5.74, 6) is -0.798. The van der Waals surface area contributed by atoms with Crippen LogP contribution in [0.5, 0.6) is 0 Å². The summed E-state index contributed by atoms with van der Waals surface area (Å²) < 4.78 is 0. The molecule has 1 fully saturated rings. The molecule has 0 radical (unpaired) electrons. The first-order valence-electron chi connectivity index (χ1n) is 3.67. The Kier molecular flexibility index (Phi) is 4.66. The zero-order valence-corrected chi connectivity index (χ0v) is 7.39. The van der Waals surface area contributed by atoms with Crippen LogP contribution < -0.4 is 5.32 Å². The van der Waals surface area contributed by atoms with Crippen LogP contribution in [-0.4, -0.2) is 23.5 Å². The van der Waals surface area contributed by atoms with Gasteiger partial charge in [0.25, 0.3) is 0 Å². The Balaban J connectivity index is 0.00000121. The van der Waals surface area contributed by atoms with Gasteiger partial charge < -0.3 is 10.4 Å². The number of halogens is 1. The molecule has 0 aliphatic carbocycles. The maximum atomic E-state index is 10.8. The van der Waals surface area contributed by atoms with Crippen LogP contribution in [0.15, 0.2) is 0 Å². The number of carboxylic acid groups (broad SMARTS) is 1. The molecule has 1 aliphatic heterocycles. The normalized spacial score (nSPS) is 22.3. The molecule has 0 saturated carbocycles. The first-order valence-corrected chi connectivity index (χ1v) is 3.67. The van der Waals surface area contributed by atoms with E-state index in [4.69, 9.17) is 5.11 Å². The molecule has 0 aromatic rings. The quantitative estimate of drug-likeness (QED) is 0.668. The molecule has 1 rings (SSSR count). The van der Waals surface area contributed by atoms with E-state index in [1.165, 1.54) is 0 Å².